The summed E-state index contributed by atoms with van der Waals surface area (Å²) in [6.45, 7) is 1.73. The Kier molecular flexibility index (Phi) is 10.6. The first-order valence-corrected chi connectivity index (χ1v) is 13.4. The summed E-state index contributed by atoms with van der Waals surface area (Å²) in [5, 5.41) is 23.2. The van der Waals surface area contributed by atoms with Crippen LogP contribution in [0.25, 0.3) is 6.08 Å². The molecule has 0 aliphatic carbocycles. The third-order valence-corrected chi connectivity index (χ3v) is 6.97. The maximum atomic E-state index is 13.9. The van der Waals surface area contributed by atoms with Gasteiger partial charge in [-0.1, -0.05) is 18.2 Å². The summed E-state index contributed by atoms with van der Waals surface area (Å²) < 4.78 is 10.5. The van der Waals surface area contributed by atoms with E-state index in [2.05, 4.69) is 15.6 Å². The molecule has 1 saturated heterocycles. The van der Waals surface area contributed by atoms with Crippen molar-refractivity contribution < 1.29 is 29.0 Å². The number of amides is 3. The molecule has 2 atom stereocenters. The molecular weight excluding hydrogens is 550 g/mol. The lowest BCUT2D eigenvalue weighted by atomic mass is 10.1. The normalized spacial score (nSPS) is 16.4. The van der Waals surface area contributed by atoms with Crippen molar-refractivity contribution in [1.29, 1.82) is 5.41 Å². The first kappa shape index (κ1) is 30.8. The van der Waals surface area contributed by atoms with Crippen LogP contribution in [0.15, 0.2) is 52.4 Å². The number of aromatic hydroxyl groups is 1. The maximum Gasteiger partial charge on any atom is 0.267 e. The van der Waals surface area contributed by atoms with Gasteiger partial charge in [-0.05, 0) is 67.4 Å². The minimum atomic E-state index is -1.07. The SMILES string of the molecule is COc1cc(C=C2SC(=Nc3ccccc3)N([C@@H](CCCNC(=N)N)C(=O)NC(C)C(N)=O)C2=O)cc(OC)c1O. The number of nitrogens with zero attached hydrogens (tertiary/aromatic N) is 2. The van der Waals surface area contributed by atoms with Crippen LogP contribution in [-0.4, -0.2) is 71.7 Å². The molecule has 1 unspecified atom stereocenters. The molecule has 3 amide bonds. The Morgan fingerprint density at radius 2 is 1.80 bits per heavy atom. The number of nitrogens with two attached hydrogens (primary N) is 2. The van der Waals surface area contributed by atoms with Gasteiger partial charge >= 0.3 is 0 Å². The monoisotopic (exact) mass is 583 g/mol. The van der Waals surface area contributed by atoms with Gasteiger partial charge in [0.1, 0.15) is 12.1 Å². The second-order valence-electron chi connectivity index (χ2n) is 8.92. The Hall–Kier alpha value is -4.72. The van der Waals surface area contributed by atoms with E-state index in [4.69, 9.17) is 26.4 Å². The zero-order chi connectivity index (χ0) is 30.1. The number of phenols is 1. The number of ether oxygens (including phenoxy) is 2. The van der Waals surface area contributed by atoms with E-state index < -0.39 is 29.8 Å². The van der Waals surface area contributed by atoms with E-state index in [-0.39, 0.29) is 46.2 Å². The highest BCUT2D eigenvalue weighted by Crippen LogP contribution is 2.40. The lowest BCUT2D eigenvalue weighted by Gasteiger charge is -2.27. The smallest absolute Gasteiger partial charge is 0.267 e. The molecule has 2 aromatic rings. The van der Waals surface area contributed by atoms with Gasteiger partial charge in [-0.3, -0.25) is 24.7 Å². The van der Waals surface area contributed by atoms with E-state index in [1.807, 2.05) is 6.07 Å². The number of carbonyl (C=O) groups is 3. The largest absolute Gasteiger partial charge is 0.502 e. The zero-order valence-electron chi connectivity index (χ0n) is 22.8. The highest BCUT2D eigenvalue weighted by molar-refractivity contribution is 8.18. The van der Waals surface area contributed by atoms with Crippen molar-refractivity contribution in [3.8, 4) is 17.2 Å². The number of primary amides is 1. The molecule has 13 nitrogen and oxygen atoms in total. The summed E-state index contributed by atoms with van der Waals surface area (Å²) >= 11 is 1.06. The minimum Gasteiger partial charge on any atom is -0.502 e. The van der Waals surface area contributed by atoms with Gasteiger partial charge in [0.05, 0.1) is 24.8 Å². The Bertz CT molecular complexity index is 1340. The molecule has 3 rings (SSSR count). The quantitative estimate of drug-likeness (QED) is 0.0928. The topological polar surface area (TPSA) is 205 Å². The van der Waals surface area contributed by atoms with E-state index >= 15 is 0 Å². The average molecular weight is 584 g/mol. The molecule has 41 heavy (non-hydrogen) atoms. The highest BCUT2D eigenvalue weighted by Gasteiger charge is 2.41. The molecule has 1 aliphatic heterocycles. The van der Waals surface area contributed by atoms with Gasteiger partial charge in [-0.15, -0.1) is 0 Å². The second-order valence-corrected chi connectivity index (χ2v) is 9.93. The molecule has 0 bridgehead atoms. The number of guanidine groups is 1. The van der Waals surface area contributed by atoms with Gasteiger partial charge in [-0.25, -0.2) is 4.99 Å². The molecule has 8 N–H and O–H groups in total. The van der Waals surface area contributed by atoms with Crippen LogP contribution in [0, 0.1) is 5.41 Å². The first-order valence-electron chi connectivity index (χ1n) is 12.5. The predicted molar refractivity (Wildman–Crippen MR) is 157 cm³/mol. The van der Waals surface area contributed by atoms with Crippen LogP contribution in [0.3, 0.4) is 0 Å². The van der Waals surface area contributed by atoms with E-state index in [1.165, 1.54) is 26.0 Å². The number of rotatable bonds is 12. The van der Waals surface area contributed by atoms with E-state index in [1.54, 1.807) is 42.5 Å². The molecule has 1 heterocycles. The van der Waals surface area contributed by atoms with Gasteiger partial charge in [-0.2, -0.15) is 0 Å². The van der Waals surface area contributed by atoms with Crippen molar-refractivity contribution >= 4 is 52.4 Å². The molecule has 2 aromatic carbocycles. The van der Waals surface area contributed by atoms with E-state index in [0.717, 1.165) is 11.8 Å². The molecule has 0 saturated carbocycles. The van der Waals surface area contributed by atoms with Gasteiger partial charge in [0.25, 0.3) is 5.91 Å². The number of hydrogen-bond donors (Lipinski definition) is 6. The van der Waals surface area contributed by atoms with Crippen LogP contribution < -0.4 is 31.6 Å². The number of aliphatic imine (C=N–C) groups is 1. The van der Waals surface area contributed by atoms with Crippen LogP contribution in [0.4, 0.5) is 5.69 Å². The molecular formula is C27H33N7O6S. The number of benzene rings is 2. The first-order chi connectivity index (χ1) is 19.5. The molecule has 0 spiro atoms. The van der Waals surface area contributed by atoms with Crippen molar-refractivity contribution in [3.63, 3.8) is 0 Å². The minimum absolute atomic E-state index is 0.150. The lowest BCUT2D eigenvalue weighted by molar-refractivity contribution is -0.134. The second kappa shape index (κ2) is 14.1. The number of methoxy groups -OCH3 is 2. The van der Waals surface area contributed by atoms with E-state index in [9.17, 15) is 19.5 Å². The number of hydrogen-bond acceptors (Lipinski definition) is 9. The molecule has 14 heteroatoms. The van der Waals surface area contributed by atoms with Gasteiger partial charge < -0.3 is 36.7 Å². The number of para-hydroxylation sites is 1. The Morgan fingerprint density at radius 3 is 2.37 bits per heavy atom. The molecule has 218 valence electrons. The number of carbonyl (C=O) groups excluding carboxylic acids is 3. The predicted octanol–water partition coefficient (Wildman–Crippen LogP) is 1.64. The lowest BCUT2D eigenvalue weighted by Crippen LogP contribution is -2.53. The van der Waals surface area contributed by atoms with Crippen molar-refractivity contribution in [2.24, 2.45) is 16.5 Å². The van der Waals surface area contributed by atoms with Gasteiger partial charge in [0, 0.05) is 6.54 Å². The van der Waals surface area contributed by atoms with Gasteiger partial charge in [0.2, 0.25) is 17.6 Å². The van der Waals surface area contributed by atoms with Crippen molar-refractivity contribution in [1.82, 2.24) is 15.5 Å². The number of thioether (sulfide) groups is 1. The van der Waals surface area contributed by atoms with Crippen LogP contribution in [0.2, 0.25) is 0 Å². The van der Waals surface area contributed by atoms with Crippen LogP contribution in [0.5, 0.6) is 17.2 Å². The van der Waals surface area contributed by atoms with Crippen LogP contribution in [0.1, 0.15) is 25.3 Å². The fourth-order valence-electron chi connectivity index (χ4n) is 3.88. The van der Waals surface area contributed by atoms with Crippen molar-refractivity contribution in [3.05, 3.63) is 52.9 Å². The summed E-state index contributed by atoms with van der Waals surface area (Å²) in [5.74, 6) is -1.93. The maximum absolute atomic E-state index is 13.9. The van der Waals surface area contributed by atoms with E-state index in [0.29, 0.717) is 17.7 Å². The Morgan fingerprint density at radius 1 is 1.17 bits per heavy atom. The number of nitrogens with one attached hydrogen (secondary N) is 3. The Labute approximate surface area is 241 Å². The van der Waals surface area contributed by atoms with Crippen LogP contribution >= 0.6 is 11.8 Å². The average Bonchev–Trinajstić information content (AvgIpc) is 3.23. The van der Waals surface area contributed by atoms with Crippen molar-refractivity contribution in [2.75, 3.05) is 20.8 Å². The molecule has 1 fully saturated rings. The molecule has 0 aromatic heterocycles. The fraction of sp³-hybridized carbons (Fsp3) is 0.296. The summed E-state index contributed by atoms with van der Waals surface area (Å²) in [5.41, 5.74) is 11.8. The highest BCUT2D eigenvalue weighted by atomic mass is 32.2. The summed E-state index contributed by atoms with van der Waals surface area (Å²) in [6.07, 6.45) is 2.10. The summed E-state index contributed by atoms with van der Waals surface area (Å²) in [6, 6.07) is 9.97. The zero-order valence-corrected chi connectivity index (χ0v) is 23.7. The number of phenolic OH excluding ortho intramolecular Hbond substituents is 1. The third-order valence-electron chi connectivity index (χ3n) is 5.99. The summed E-state index contributed by atoms with van der Waals surface area (Å²) in [4.78, 5) is 45.2. The Balaban J connectivity index is 2.07. The van der Waals surface area contributed by atoms with Crippen molar-refractivity contribution in [2.45, 2.75) is 31.8 Å². The number of amidine groups is 1. The van der Waals surface area contributed by atoms with Gasteiger partial charge in [0.15, 0.2) is 22.6 Å². The summed E-state index contributed by atoms with van der Waals surface area (Å²) in [7, 11) is 2.79. The standard InChI is InChI=1S/C27H33N7O6S/c1-15(23(28)36)32-24(37)18(10-7-11-31-26(29)30)34-25(38)21(41-27(34)33-17-8-5-4-6-9-17)14-16-12-19(39-2)22(35)20(13-16)40-3/h4-6,8-9,12-15,18,35H,7,10-11H2,1-3H3,(H2,28,36)(H,32,37)(H4,29,30,31)/t15?,18-/m0/s1. The molecule has 0 radical (unpaired) electrons. The molecule has 1 aliphatic rings. The fourth-order valence-corrected chi connectivity index (χ4v) is 4.91. The van der Waals surface area contributed by atoms with Crippen LogP contribution in [-0.2, 0) is 14.4 Å². The third kappa shape index (κ3) is 7.91.